The van der Waals surface area contributed by atoms with Gasteiger partial charge in [0.15, 0.2) is 0 Å². The van der Waals surface area contributed by atoms with Gasteiger partial charge in [-0.15, -0.1) is 0 Å². The molecule has 4 nitrogen and oxygen atoms in total. The van der Waals surface area contributed by atoms with Gasteiger partial charge in [0.25, 0.3) is 0 Å². The predicted octanol–water partition coefficient (Wildman–Crippen LogP) is 0.821. The summed E-state index contributed by atoms with van der Waals surface area (Å²) in [5.74, 6) is 0. The van der Waals surface area contributed by atoms with Crippen molar-refractivity contribution in [1.82, 2.24) is 9.78 Å². The topological polar surface area (TPSA) is 47.3 Å². The highest BCUT2D eigenvalue weighted by Gasteiger charge is 2.11. The largest absolute Gasteiger partial charge is 0.390 e. The zero-order chi connectivity index (χ0) is 9.14. The number of hydrogen-bond acceptors (Lipinski definition) is 3. The van der Waals surface area contributed by atoms with E-state index in [-0.39, 0.29) is 6.61 Å². The highest BCUT2D eigenvalue weighted by atomic mass is 79.9. The molecule has 0 radical (unpaired) electrons. The first-order valence-electron chi connectivity index (χ1n) is 3.50. The van der Waals surface area contributed by atoms with E-state index in [9.17, 15) is 0 Å². The van der Waals surface area contributed by atoms with Gasteiger partial charge in [-0.3, -0.25) is 4.68 Å². The van der Waals surface area contributed by atoms with Crippen LogP contribution >= 0.6 is 15.9 Å². The molecule has 1 heterocycles. The average Bonchev–Trinajstić information content (AvgIpc) is 2.32. The Labute approximate surface area is 79.3 Å². The summed E-state index contributed by atoms with van der Waals surface area (Å²) in [7, 11) is 3.44. The average molecular weight is 235 g/mol. The van der Waals surface area contributed by atoms with E-state index in [0.29, 0.717) is 12.3 Å². The molecule has 1 N–H and O–H groups in total. The second kappa shape index (κ2) is 4.02. The first kappa shape index (κ1) is 9.70. The van der Waals surface area contributed by atoms with Gasteiger partial charge in [-0.05, 0) is 15.9 Å². The van der Waals surface area contributed by atoms with Gasteiger partial charge in [-0.2, -0.15) is 5.10 Å². The molecule has 0 atom stereocenters. The first-order chi connectivity index (χ1) is 5.70. The molecule has 0 aliphatic carbocycles. The highest BCUT2D eigenvalue weighted by molar-refractivity contribution is 9.10. The number of aliphatic hydroxyl groups is 1. The normalized spacial score (nSPS) is 10.7. The van der Waals surface area contributed by atoms with Gasteiger partial charge in [-0.1, -0.05) is 0 Å². The van der Waals surface area contributed by atoms with Gasteiger partial charge in [-0.25, -0.2) is 0 Å². The van der Waals surface area contributed by atoms with Crippen LogP contribution in [-0.4, -0.2) is 22.0 Å². The molecule has 0 aromatic carbocycles. The summed E-state index contributed by atoms with van der Waals surface area (Å²) in [6.07, 6.45) is 0. The first-order valence-corrected chi connectivity index (χ1v) is 4.30. The number of hydrogen-bond donors (Lipinski definition) is 1. The lowest BCUT2D eigenvalue weighted by atomic mass is 10.4. The Morgan fingerprint density at radius 3 is 2.75 bits per heavy atom. The highest BCUT2D eigenvalue weighted by Crippen LogP contribution is 2.21. The number of rotatable bonds is 3. The van der Waals surface area contributed by atoms with Crippen LogP contribution in [0.5, 0.6) is 0 Å². The number of nitrogens with zero attached hydrogens (tertiary/aromatic N) is 2. The maximum Gasteiger partial charge on any atom is 0.102 e. The quantitative estimate of drug-likeness (QED) is 0.843. The zero-order valence-electron chi connectivity index (χ0n) is 7.04. The number of ether oxygens (including phenoxy) is 1. The van der Waals surface area contributed by atoms with Gasteiger partial charge in [0, 0.05) is 14.2 Å². The predicted molar refractivity (Wildman–Crippen MR) is 47.5 cm³/mol. The van der Waals surface area contributed by atoms with E-state index in [1.54, 1.807) is 11.8 Å². The molecule has 0 fully saturated rings. The maximum absolute atomic E-state index is 8.88. The molecule has 0 unspecified atom stereocenters. The van der Waals surface area contributed by atoms with Crippen LogP contribution in [0.25, 0.3) is 0 Å². The van der Waals surface area contributed by atoms with Crippen LogP contribution in [-0.2, 0) is 25.0 Å². The molecule has 0 spiro atoms. The van der Waals surface area contributed by atoms with Crippen molar-refractivity contribution >= 4 is 15.9 Å². The minimum atomic E-state index is -0.0574. The van der Waals surface area contributed by atoms with Gasteiger partial charge in [0.05, 0.1) is 23.4 Å². The summed E-state index contributed by atoms with van der Waals surface area (Å²) in [6, 6.07) is 0. The minimum absolute atomic E-state index is 0.0574. The smallest absolute Gasteiger partial charge is 0.102 e. The molecular weight excluding hydrogens is 224 g/mol. The molecule has 1 aromatic rings. The molecule has 0 amide bonds. The third-order valence-electron chi connectivity index (χ3n) is 1.60. The molecule has 1 aromatic heterocycles. The lowest BCUT2D eigenvalue weighted by molar-refractivity contribution is 0.177. The number of aryl methyl sites for hydroxylation is 1. The summed E-state index contributed by atoms with van der Waals surface area (Å²) >= 11 is 3.34. The summed E-state index contributed by atoms with van der Waals surface area (Å²) < 4.78 is 7.50. The summed E-state index contributed by atoms with van der Waals surface area (Å²) in [4.78, 5) is 0. The number of aliphatic hydroxyl groups excluding tert-OH is 1. The van der Waals surface area contributed by atoms with E-state index in [2.05, 4.69) is 21.0 Å². The monoisotopic (exact) mass is 234 g/mol. The van der Waals surface area contributed by atoms with Crippen molar-refractivity contribution in [3.63, 3.8) is 0 Å². The standard InChI is InChI=1S/C7H11BrN2O2/c1-10-6(4-12-2)7(8)5(3-11)9-10/h11H,3-4H2,1-2H3. The van der Waals surface area contributed by atoms with Gasteiger partial charge in [0.2, 0.25) is 0 Å². The number of halogens is 1. The number of methoxy groups -OCH3 is 1. The molecule has 12 heavy (non-hydrogen) atoms. The third kappa shape index (κ3) is 1.68. The van der Waals surface area contributed by atoms with Crippen LogP contribution in [0.1, 0.15) is 11.4 Å². The molecule has 5 heteroatoms. The Kier molecular flexibility index (Phi) is 3.25. The van der Waals surface area contributed by atoms with Crippen LogP contribution in [0.2, 0.25) is 0 Å². The number of aromatic nitrogens is 2. The fourth-order valence-corrected chi connectivity index (χ4v) is 1.56. The van der Waals surface area contributed by atoms with Crippen LogP contribution in [0.15, 0.2) is 4.47 Å². The molecule has 0 saturated heterocycles. The Balaban J connectivity index is 3.01. The molecule has 0 saturated carbocycles. The Bertz CT molecular complexity index is 273. The lowest BCUT2D eigenvalue weighted by Gasteiger charge is -1.99. The van der Waals surface area contributed by atoms with Crippen molar-refractivity contribution in [2.45, 2.75) is 13.2 Å². The van der Waals surface area contributed by atoms with E-state index < -0.39 is 0 Å². The van der Waals surface area contributed by atoms with E-state index in [1.165, 1.54) is 0 Å². The second-order valence-corrected chi connectivity index (χ2v) is 3.22. The van der Waals surface area contributed by atoms with Gasteiger partial charge < -0.3 is 9.84 Å². The van der Waals surface area contributed by atoms with Crippen LogP contribution in [0.4, 0.5) is 0 Å². The molecule has 0 bridgehead atoms. The maximum atomic E-state index is 8.88. The summed E-state index contributed by atoms with van der Waals surface area (Å²) in [6.45, 7) is 0.433. The van der Waals surface area contributed by atoms with Crippen molar-refractivity contribution in [2.75, 3.05) is 7.11 Å². The van der Waals surface area contributed by atoms with Crippen molar-refractivity contribution < 1.29 is 9.84 Å². The van der Waals surface area contributed by atoms with Crippen molar-refractivity contribution in [3.05, 3.63) is 15.9 Å². The van der Waals surface area contributed by atoms with Gasteiger partial charge >= 0.3 is 0 Å². The van der Waals surface area contributed by atoms with Gasteiger partial charge in [0.1, 0.15) is 5.69 Å². The third-order valence-corrected chi connectivity index (χ3v) is 2.51. The Hall–Kier alpha value is -0.390. The fraction of sp³-hybridized carbons (Fsp3) is 0.571. The van der Waals surface area contributed by atoms with Crippen molar-refractivity contribution in [1.29, 1.82) is 0 Å². The van der Waals surface area contributed by atoms with E-state index in [4.69, 9.17) is 9.84 Å². The Morgan fingerprint density at radius 1 is 1.67 bits per heavy atom. The molecule has 0 aliphatic rings. The van der Waals surface area contributed by atoms with Crippen molar-refractivity contribution in [3.8, 4) is 0 Å². The molecular formula is C7H11BrN2O2. The molecule has 68 valence electrons. The fourth-order valence-electron chi connectivity index (χ4n) is 0.988. The van der Waals surface area contributed by atoms with E-state index in [0.717, 1.165) is 10.2 Å². The van der Waals surface area contributed by atoms with Crippen LogP contribution in [0.3, 0.4) is 0 Å². The molecule has 0 aliphatic heterocycles. The SMILES string of the molecule is COCc1c(Br)c(CO)nn1C. The summed E-state index contributed by atoms with van der Waals surface area (Å²) in [5.41, 5.74) is 1.58. The minimum Gasteiger partial charge on any atom is -0.390 e. The van der Waals surface area contributed by atoms with Crippen LogP contribution < -0.4 is 0 Å². The van der Waals surface area contributed by atoms with Crippen LogP contribution in [0, 0.1) is 0 Å². The zero-order valence-corrected chi connectivity index (χ0v) is 8.63. The molecule has 1 rings (SSSR count). The van der Waals surface area contributed by atoms with E-state index >= 15 is 0 Å². The second-order valence-electron chi connectivity index (χ2n) is 2.42. The lowest BCUT2D eigenvalue weighted by Crippen LogP contribution is -1.99. The summed E-state index contributed by atoms with van der Waals surface area (Å²) in [5, 5.41) is 13.0. The Morgan fingerprint density at radius 2 is 2.33 bits per heavy atom. The van der Waals surface area contributed by atoms with Crippen molar-refractivity contribution in [2.24, 2.45) is 7.05 Å². The van der Waals surface area contributed by atoms with E-state index in [1.807, 2.05) is 7.05 Å².